The lowest BCUT2D eigenvalue weighted by atomic mass is 9.80. The van der Waals surface area contributed by atoms with Crippen molar-refractivity contribution in [2.75, 3.05) is 39.9 Å². The highest BCUT2D eigenvalue weighted by atomic mass is 32.2. The number of nitrogens with zero attached hydrogens (tertiary/aromatic N) is 1. The van der Waals surface area contributed by atoms with Gasteiger partial charge in [-0.05, 0) is 43.5 Å². The molecule has 0 radical (unpaired) electrons. The van der Waals surface area contributed by atoms with Gasteiger partial charge in [-0.25, -0.2) is 4.72 Å². The summed E-state index contributed by atoms with van der Waals surface area (Å²) in [6.07, 6.45) is 2.61. The van der Waals surface area contributed by atoms with E-state index in [0.717, 1.165) is 37.9 Å². The van der Waals surface area contributed by atoms with Gasteiger partial charge in [-0.15, -0.1) is 0 Å². The Hall–Kier alpha value is -0.990. The second-order valence-electron chi connectivity index (χ2n) is 6.86. The summed E-state index contributed by atoms with van der Waals surface area (Å²) in [4.78, 5) is 0. The molecule has 0 unspecified atom stereocenters. The Morgan fingerprint density at radius 3 is 2.67 bits per heavy atom. The summed E-state index contributed by atoms with van der Waals surface area (Å²) >= 11 is 0. The van der Waals surface area contributed by atoms with Gasteiger partial charge >= 0.3 is 0 Å². The van der Waals surface area contributed by atoms with Crippen molar-refractivity contribution < 1.29 is 13.2 Å². The number of rotatable bonds is 6. The fourth-order valence-corrected chi connectivity index (χ4v) is 4.96. The summed E-state index contributed by atoms with van der Waals surface area (Å²) in [6, 6.07) is 8.06. The molecule has 134 valence electrons. The number of ether oxygens (including phenoxy) is 1. The topological polar surface area (TPSA) is 70.7 Å². The number of methoxy groups -OCH3 is 1. The maximum Gasteiger partial charge on any atom is 0.279 e. The van der Waals surface area contributed by atoms with Crippen molar-refractivity contribution >= 4 is 10.2 Å². The van der Waals surface area contributed by atoms with Gasteiger partial charge in [0.1, 0.15) is 0 Å². The van der Waals surface area contributed by atoms with Gasteiger partial charge in [-0.3, -0.25) is 0 Å². The highest BCUT2D eigenvalue weighted by Gasteiger charge is 2.35. The van der Waals surface area contributed by atoms with Crippen molar-refractivity contribution in [1.29, 1.82) is 0 Å². The molecule has 1 fully saturated rings. The van der Waals surface area contributed by atoms with Crippen molar-refractivity contribution in [3.05, 3.63) is 35.4 Å². The van der Waals surface area contributed by atoms with Crippen LogP contribution in [0.15, 0.2) is 24.3 Å². The molecule has 2 heterocycles. The number of piperidine rings is 1. The predicted octanol–water partition coefficient (Wildman–Crippen LogP) is 0.895. The van der Waals surface area contributed by atoms with E-state index in [1.165, 1.54) is 5.56 Å². The van der Waals surface area contributed by atoms with E-state index in [0.29, 0.717) is 26.2 Å². The van der Waals surface area contributed by atoms with Gasteiger partial charge < -0.3 is 10.1 Å². The Morgan fingerprint density at radius 2 is 1.96 bits per heavy atom. The van der Waals surface area contributed by atoms with Crippen LogP contribution in [-0.2, 0) is 27.9 Å². The van der Waals surface area contributed by atoms with Gasteiger partial charge in [0.2, 0.25) is 0 Å². The van der Waals surface area contributed by atoms with Crippen LogP contribution in [0.1, 0.15) is 24.0 Å². The third-order valence-corrected chi connectivity index (χ3v) is 6.68. The molecule has 0 amide bonds. The highest BCUT2D eigenvalue weighted by Crippen LogP contribution is 2.29. The minimum absolute atomic E-state index is 0.110. The molecule has 7 heteroatoms. The second-order valence-corrected chi connectivity index (χ2v) is 8.62. The molecule has 1 saturated heterocycles. The summed E-state index contributed by atoms with van der Waals surface area (Å²) in [5.74, 6) is 0. The van der Waals surface area contributed by atoms with Crippen molar-refractivity contribution in [2.45, 2.75) is 25.8 Å². The Bertz CT molecular complexity index is 651. The Labute approximate surface area is 144 Å². The number of hydrogen-bond acceptors (Lipinski definition) is 4. The Morgan fingerprint density at radius 1 is 1.25 bits per heavy atom. The first-order chi connectivity index (χ1) is 11.5. The van der Waals surface area contributed by atoms with E-state index in [4.69, 9.17) is 4.74 Å². The lowest BCUT2D eigenvalue weighted by Crippen LogP contribution is -2.50. The van der Waals surface area contributed by atoms with Crippen LogP contribution in [-0.4, -0.2) is 52.6 Å². The quantitative estimate of drug-likeness (QED) is 0.797. The van der Waals surface area contributed by atoms with Crippen LogP contribution < -0.4 is 10.0 Å². The molecule has 0 aromatic heterocycles. The van der Waals surface area contributed by atoms with Gasteiger partial charge in [0, 0.05) is 32.2 Å². The standard InChI is InChI=1S/C17H27N3O3S/c1-23-14-17(7-9-18-10-8-17)13-19-24(21,22)20-11-6-15-4-2-3-5-16(15)12-20/h2-5,18-19H,6-14H2,1H3. The van der Waals surface area contributed by atoms with E-state index in [1.807, 2.05) is 18.2 Å². The van der Waals surface area contributed by atoms with E-state index in [-0.39, 0.29) is 5.41 Å². The first kappa shape index (κ1) is 17.8. The van der Waals surface area contributed by atoms with E-state index >= 15 is 0 Å². The molecular weight excluding hydrogens is 326 g/mol. The van der Waals surface area contributed by atoms with Gasteiger partial charge in [-0.2, -0.15) is 12.7 Å². The predicted molar refractivity (Wildman–Crippen MR) is 93.9 cm³/mol. The molecule has 3 rings (SSSR count). The van der Waals surface area contributed by atoms with Gasteiger partial charge in [-0.1, -0.05) is 24.3 Å². The van der Waals surface area contributed by atoms with Gasteiger partial charge in [0.05, 0.1) is 6.61 Å². The van der Waals surface area contributed by atoms with Gasteiger partial charge in [0.15, 0.2) is 0 Å². The SMILES string of the molecule is COCC1(CNS(=O)(=O)N2CCc3ccccc3C2)CCNCC1. The van der Waals surface area contributed by atoms with Crippen LogP contribution in [0.5, 0.6) is 0 Å². The van der Waals surface area contributed by atoms with E-state index < -0.39 is 10.2 Å². The molecular formula is C17H27N3O3S. The summed E-state index contributed by atoms with van der Waals surface area (Å²) in [5.41, 5.74) is 2.24. The third kappa shape index (κ3) is 3.97. The number of hydrogen-bond donors (Lipinski definition) is 2. The smallest absolute Gasteiger partial charge is 0.279 e. The second kappa shape index (κ2) is 7.49. The molecule has 2 N–H and O–H groups in total. The third-order valence-electron chi connectivity index (χ3n) is 5.18. The molecule has 1 aromatic carbocycles. The molecule has 0 spiro atoms. The fraction of sp³-hybridized carbons (Fsp3) is 0.647. The Kier molecular flexibility index (Phi) is 5.56. The minimum atomic E-state index is -3.47. The van der Waals surface area contributed by atoms with E-state index in [2.05, 4.69) is 16.1 Å². The molecule has 6 nitrogen and oxygen atoms in total. The van der Waals surface area contributed by atoms with E-state index in [9.17, 15) is 8.42 Å². The first-order valence-electron chi connectivity index (χ1n) is 8.56. The molecule has 1 aromatic rings. The number of fused-ring (bicyclic) bond motifs is 1. The summed E-state index contributed by atoms with van der Waals surface area (Å²) in [7, 11) is -1.79. The molecule has 2 aliphatic heterocycles. The zero-order valence-corrected chi connectivity index (χ0v) is 15.1. The molecule has 0 bridgehead atoms. The molecule has 0 saturated carbocycles. The van der Waals surface area contributed by atoms with Crippen molar-refractivity contribution in [3.8, 4) is 0 Å². The van der Waals surface area contributed by atoms with Gasteiger partial charge in [0.25, 0.3) is 10.2 Å². The molecule has 2 aliphatic rings. The first-order valence-corrected chi connectivity index (χ1v) is 10.00. The normalized spacial score (nSPS) is 21.4. The van der Waals surface area contributed by atoms with Crippen molar-refractivity contribution in [2.24, 2.45) is 5.41 Å². The molecule has 0 atom stereocenters. The molecule has 24 heavy (non-hydrogen) atoms. The van der Waals surface area contributed by atoms with Crippen LogP contribution in [0.2, 0.25) is 0 Å². The largest absolute Gasteiger partial charge is 0.384 e. The maximum absolute atomic E-state index is 12.7. The highest BCUT2D eigenvalue weighted by molar-refractivity contribution is 7.87. The van der Waals surface area contributed by atoms with Crippen molar-refractivity contribution in [3.63, 3.8) is 0 Å². The average Bonchev–Trinajstić information content (AvgIpc) is 2.61. The lowest BCUT2D eigenvalue weighted by Gasteiger charge is -2.38. The average molecular weight is 353 g/mol. The molecule has 0 aliphatic carbocycles. The minimum Gasteiger partial charge on any atom is -0.384 e. The summed E-state index contributed by atoms with van der Waals surface area (Å²) in [6.45, 7) is 3.81. The van der Waals surface area contributed by atoms with E-state index in [1.54, 1.807) is 11.4 Å². The number of benzene rings is 1. The van der Waals surface area contributed by atoms with Crippen LogP contribution in [0, 0.1) is 5.41 Å². The monoisotopic (exact) mass is 353 g/mol. The zero-order chi connectivity index (χ0) is 17.0. The van der Waals surface area contributed by atoms with Crippen LogP contribution in [0.3, 0.4) is 0 Å². The van der Waals surface area contributed by atoms with Crippen LogP contribution >= 0.6 is 0 Å². The lowest BCUT2D eigenvalue weighted by molar-refractivity contribution is 0.0573. The van der Waals surface area contributed by atoms with Crippen LogP contribution in [0.4, 0.5) is 0 Å². The maximum atomic E-state index is 12.7. The Balaban J connectivity index is 1.65. The summed E-state index contributed by atoms with van der Waals surface area (Å²) < 4.78 is 35.2. The zero-order valence-electron chi connectivity index (χ0n) is 14.3. The van der Waals surface area contributed by atoms with Crippen molar-refractivity contribution in [1.82, 2.24) is 14.3 Å². The van der Waals surface area contributed by atoms with Crippen LogP contribution in [0.25, 0.3) is 0 Å². The summed E-state index contributed by atoms with van der Waals surface area (Å²) in [5, 5.41) is 3.33. The fourth-order valence-electron chi connectivity index (χ4n) is 3.65. The number of nitrogens with one attached hydrogen (secondary N) is 2.